The minimum absolute atomic E-state index is 0.0684. The lowest BCUT2D eigenvalue weighted by atomic mass is 9.45. The molecule has 0 saturated heterocycles. The van der Waals surface area contributed by atoms with E-state index in [1.54, 1.807) is 10.9 Å². The SMILES string of the molecule is COC(=O)c1cn([C@H]2C[C@H]3[C@@H]4CC[C@H]5CCCC[C@]5(C)[C@H]4CC[C@]3(C)[C@@H]2O)nn1. The number of methoxy groups -OCH3 is 1. The lowest BCUT2D eigenvalue weighted by Crippen LogP contribution is -2.53. The Balaban J connectivity index is 1.43. The maximum absolute atomic E-state index is 11.8. The van der Waals surface area contributed by atoms with Crippen molar-refractivity contribution in [2.45, 2.75) is 83.8 Å². The lowest BCUT2D eigenvalue weighted by molar-refractivity contribution is -0.121. The van der Waals surface area contributed by atoms with Gasteiger partial charge in [-0.1, -0.05) is 31.9 Å². The molecule has 0 spiro atoms. The van der Waals surface area contributed by atoms with Crippen LogP contribution in [0.25, 0.3) is 0 Å². The van der Waals surface area contributed by atoms with E-state index in [2.05, 4.69) is 24.2 Å². The quantitative estimate of drug-likeness (QED) is 0.758. The van der Waals surface area contributed by atoms with Crippen LogP contribution >= 0.6 is 0 Å². The smallest absolute Gasteiger partial charge is 0.360 e. The fourth-order valence-electron chi connectivity index (χ4n) is 8.17. The van der Waals surface area contributed by atoms with E-state index in [0.717, 1.165) is 24.7 Å². The third kappa shape index (κ3) is 2.74. The van der Waals surface area contributed by atoms with Gasteiger partial charge in [0.25, 0.3) is 0 Å². The van der Waals surface area contributed by atoms with Crippen molar-refractivity contribution in [1.82, 2.24) is 15.0 Å². The summed E-state index contributed by atoms with van der Waals surface area (Å²) in [5.74, 6) is 2.45. The van der Waals surface area contributed by atoms with E-state index in [9.17, 15) is 9.90 Å². The highest BCUT2D eigenvalue weighted by Crippen LogP contribution is 2.67. The molecular formula is C23H35N3O3. The first kappa shape index (κ1) is 19.5. The summed E-state index contributed by atoms with van der Waals surface area (Å²) in [4.78, 5) is 11.8. The van der Waals surface area contributed by atoms with Gasteiger partial charge >= 0.3 is 5.97 Å². The molecule has 1 heterocycles. The Labute approximate surface area is 173 Å². The van der Waals surface area contributed by atoms with E-state index in [1.165, 1.54) is 52.1 Å². The summed E-state index contributed by atoms with van der Waals surface area (Å²) < 4.78 is 6.49. The zero-order valence-electron chi connectivity index (χ0n) is 18.0. The maximum atomic E-state index is 11.8. The van der Waals surface area contributed by atoms with Gasteiger partial charge in [-0.3, -0.25) is 0 Å². The molecule has 0 radical (unpaired) electrons. The summed E-state index contributed by atoms with van der Waals surface area (Å²) in [5, 5.41) is 19.6. The molecule has 6 nitrogen and oxygen atoms in total. The van der Waals surface area contributed by atoms with Crippen LogP contribution < -0.4 is 0 Å². The van der Waals surface area contributed by atoms with E-state index >= 15 is 0 Å². The van der Waals surface area contributed by atoms with Crippen LogP contribution in [0.1, 0.15) is 88.2 Å². The van der Waals surface area contributed by atoms with E-state index in [4.69, 9.17) is 4.74 Å². The molecule has 0 bridgehead atoms. The number of aliphatic hydroxyl groups excluding tert-OH is 1. The molecule has 4 saturated carbocycles. The molecule has 0 unspecified atom stereocenters. The molecule has 4 fully saturated rings. The summed E-state index contributed by atoms with van der Waals surface area (Å²) in [6.07, 6.45) is 12.8. The van der Waals surface area contributed by atoms with E-state index < -0.39 is 12.1 Å². The highest BCUT2D eigenvalue weighted by Gasteiger charge is 2.62. The molecule has 8 atom stereocenters. The maximum Gasteiger partial charge on any atom is 0.360 e. The van der Waals surface area contributed by atoms with Crippen LogP contribution in [0.15, 0.2) is 6.20 Å². The first-order chi connectivity index (χ1) is 13.9. The number of carbonyl (C=O) groups is 1. The summed E-state index contributed by atoms with van der Waals surface area (Å²) in [6, 6.07) is -0.105. The molecule has 1 N–H and O–H groups in total. The van der Waals surface area contributed by atoms with Gasteiger partial charge in [-0.05, 0) is 79.4 Å². The Hall–Kier alpha value is -1.43. The normalized spacial score (nSPS) is 46.5. The van der Waals surface area contributed by atoms with Crippen molar-refractivity contribution in [1.29, 1.82) is 0 Å². The molecule has 6 heteroatoms. The van der Waals surface area contributed by atoms with E-state index in [-0.39, 0.29) is 17.2 Å². The minimum atomic E-state index is -0.476. The molecule has 29 heavy (non-hydrogen) atoms. The standard InChI is InChI=1S/C23H35N3O3/c1-22-10-5-4-6-14(22)7-8-15-16(22)9-11-23(2)17(15)12-19(20(23)27)26-13-18(24-25-26)21(28)29-3/h13-17,19-20,27H,4-12H2,1-3H3/t14-,15-,16+,17+,19+,20-,22+,23+/m1/s1. The van der Waals surface area contributed by atoms with Crippen LogP contribution in [-0.4, -0.2) is 39.3 Å². The topological polar surface area (TPSA) is 77.2 Å². The van der Waals surface area contributed by atoms with Crippen molar-refractivity contribution in [3.05, 3.63) is 11.9 Å². The van der Waals surface area contributed by atoms with Gasteiger partial charge in [0.2, 0.25) is 0 Å². The zero-order chi connectivity index (χ0) is 20.4. The number of aromatic nitrogens is 3. The summed E-state index contributed by atoms with van der Waals surface area (Å²) in [5.41, 5.74) is 0.644. The van der Waals surface area contributed by atoms with Crippen molar-refractivity contribution in [3.8, 4) is 0 Å². The van der Waals surface area contributed by atoms with Gasteiger partial charge in [0, 0.05) is 0 Å². The van der Waals surface area contributed by atoms with E-state index in [1.807, 2.05) is 0 Å². The van der Waals surface area contributed by atoms with Gasteiger partial charge in [0.05, 0.1) is 25.5 Å². The number of fused-ring (bicyclic) bond motifs is 5. The van der Waals surface area contributed by atoms with Crippen molar-refractivity contribution in [2.24, 2.45) is 34.5 Å². The zero-order valence-corrected chi connectivity index (χ0v) is 18.0. The number of aliphatic hydroxyl groups is 1. The van der Waals surface area contributed by atoms with Crippen LogP contribution in [0.2, 0.25) is 0 Å². The number of hydrogen-bond acceptors (Lipinski definition) is 5. The molecule has 0 aliphatic heterocycles. The van der Waals surface area contributed by atoms with Crippen LogP contribution in [0.4, 0.5) is 0 Å². The van der Waals surface area contributed by atoms with Crippen molar-refractivity contribution in [2.75, 3.05) is 7.11 Å². The minimum Gasteiger partial charge on any atom is -0.464 e. The molecule has 4 aliphatic carbocycles. The average molecular weight is 402 g/mol. The molecule has 0 aromatic carbocycles. The van der Waals surface area contributed by atoms with Gasteiger partial charge in [0.1, 0.15) is 0 Å². The van der Waals surface area contributed by atoms with Gasteiger partial charge in [-0.25, -0.2) is 9.48 Å². The predicted molar refractivity (Wildman–Crippen MR) is 108 cm³/mol. The fourth-order valence-corrected chi connectivity index (χ4v) is 8.17. The third-order valence-electron chi connectivity index (χ3n) is 9.80. The number of nitrogens with zero attached hydrogens (tertiary/aromatic N) is 3. The van der Waals surface area contributed by atoms with Gasteiger partial charge in [-0.15, -0.1) is 5.10 Å². The Morgan fingerprint density at radius 1 is 1.14 bits per heavy atom. The van der Waals surface area contributed by atoms with Crippen molar-refractivity contribution < 1.29 is 14.6 Å². The second kappa shape index (κ2) is 6.79. The second-order valence-corrected chi connectivity index (χ2v) is 10.8. The molecular weight excluding hydrogens is 366 g/mol. The van der Waals surface area contributed by atoms with Gasteiger partial charge < -0.3 is 9.84 Å². The van der Waals surface area contributed by atoms with Crippen LogP contribution in [0.5, 0.6) is 0 Å². The van der Waals surface area contributed by atoms with Crippen LogP contribution in [-0.2, 0) is 4.74 Å². The third-order valence-corrected chi connectivity index (χ3v) is 9.80. The monoisotopic (exact) mass is 401 g/mol. The average Bonchev–Trinajstić information content (AvgIpc) is 3.30. The Bertz CT molecular complexity index is 794. The van der Waals surface area contributed by atoms with Gasteiger partial charge in [-0.2, -0.15) is 0 Å². The number of hydrogen-bond donors (Lipinski definition) is 1. The molecule has 5 rings (SSSR count). The number of ether oxygens (including phenoxy) is 1. The van der Waals surface area contributed by atoms with Crippen molar-refractivity contribution >= 4 is 5.97 Å². The summed E-state index contributed by atoms with van der Waals surface area (Å²) in [6.45, 7) is 4.88. The Kier molecular flexibility index (Phi) is 4.57. The second-order valence-electron chi connectivity index (χ2n) is 10.8. The first-order valence-electron chi connectivity index (χ1n) is 11.6. The number of rotatable bonds is 2. The first-order valence-corrected chi connectivity index (χ1v) is 11.6. The van der Waals surface area contributed by atoms with Crippen LogP contribution in [0, 0.1) is 34.5 Å². The molecule has 4 aliphatic rings. The predicted octanol–water partition coefficient (Wildman–Crippen LogP) is 4.01. The molecule has 0 amide bonds. The summed E-state index contributed by atoms with van der Waals surface area (Å²) >= 11 is 0. The molecule has 1 aromatic heterocycles. The van der Waals surface area contributed by atoms with Gasteiger partial charge in [0.15, 0.2) is 5.69 Å². The number of esters is 1. The lowest BCUT2D eigenvalue weighted by Gasteiger charge is -2.60. The highest BCUT2D eigenvalue weighted by molar-refractivity contribution is 5.86. The largest absolute Gasteiger partial charge is 0.464 e. The molecule has 160 valence electrons. The Morgan fingerprint density at radius 2 is 1.97 bits per heavy atom. The number of carbonyl (C=O) groups excluding carboxylic acids is 1. The van der Waals surface area contributed by atoms with E-state index in [0.29, 0.717) is 17.3 Å². The summed E-state index contributed by atoms with van der Waals surface area (Å²) in [7, 11) is 1.35. The fraction of sp³-hybridized carbons (Fsp3) is 0.870. The Morgan fingerprint density at radius 3 is 2.76 bits per heavy atom. The highest BCUT2D eigenvalue weighted by atomic mass is 16.5. The molecule has 1 aromatic rings. The van der Waals surface area contributed by atoms with Crippen molar-refractivity contribution in [3.63, 3.8) is 0 Å². The van der Waals surface area contributed by atoms with Crippen LogP contribution in [0.3, 0.4) is 0 Å².